The second-order valence-electron chi connectivity index (χ2n) is 7.73. The van der Waals surface area contributed by atoms with Crippen molar-refractivity contribution in [2.24, 2.45) is 5.92 Å². The molecule has 0 saturated carbocycles. The van der Waals surface area contributed by atoms with Gasteiger partial charge in [0.2, 0.25) is 0 Å². The summed E-state index contributed by atoms with van der Waals surface area (Å²) >= 11 is 0. The molecule has 0 aromatic heterocycles. The Morgan fingerprint density at radius 3 is 2.10 bits per heavy atom. The monoisotopic (exact) mass is 426 g/mol. The molecule has 0 fully saturated rings. The van der Waals surface area contributed by atoms with Crippen LogP contribution in [-0.2, 0) is 14.3 Å². The van der Waals surface area contributed by atoms with E-state index in [9.17, 15) is 14.4 Å². The number of hydrogen-bond donors (Lipinski definition) is 2. The highest BCUT2D eigenvalue weighted by Crippen LogP contribution is 2.20. The Kier molecular flexibility index (Phi) is 8.19. The molecule has 0 unspecified atom stereocenters. The molecule has 2 aromatic carbocycles. The maximum Gasteiger partial charge on any atom is 0.329 e. The van der Waals surface area contributed by atoms with E-state index in [2.05, 4.69) is 10.6 Å². The number of aryl methyl sites for hydroxylation is 2. The van der Waals surface area contributed by atoms with Crippen molar-refractivity contribution in [3.8, 4) is 5.75 Å². The number of carbonyl (C=O) groups excluding carboxylic acids is 3. The highest BCUT2D eigenvalue weighted by Gasteiger charge is 2.30. The van der Waals surface area contributed by atoms with Crippen molar-refractivity contribution in [2.45, 2.75) is 46.8 Å². The van der Waals surface area contributed by atoms with Crippen LogP contribution in [0.15, 0.2) is 42.5 Å². The number of rotatable bonds is 8. The summed E-state index contributed by atoms with van der Waals surface area (Å²) in [4.78, 5) is 38.0. The molecule has 7 heteroatoms. The van der Waals surface area contributed by atoms with Gasteiger partial charge in [-0.25, -0.2) is 4.79 Å². The standard InChI is InChI=1S/C24H30N2O5/c1-14(2)20(25-23(28)18-12-7-8-13-19(18)30-6)24(29)31-17(5)22(27)26-21-15(3)10-9-11-16(21)4/h7-14,17,20H,1-6H3,(H,25,28)(H,26,27)/t17-,20-/m0/s1. The minimum absolute atomic E-state index is 0.250. The topological polar surface area (TPSA) is 93.7 Å². The van der Waals surface area contributed by atoms with Crippen molar-refractivity contribution in [2.75, 3.05) is 12.4 Å². The zero-order valence-corrected chi connectivity index (χ0v) is 18.8. The lowest BCUT2D eigenvalue weighted by atomic mass is 10.0. The molecule has 2 atom stereocenters. The van der Waals surface area contributed by atoms with Gasteiger partial charge in [0.05, 0.1) is 12.7 Å². The molecule has 2 amide bonds. The maximum absolute atomic E-state index is 12.8. The van der Waals surface area contributed by atoms with Gasteiger partial charge in [-0.05, 0) is 49.9 Å². The van der Waals surface area contributed by atoms with Gasteiger partial charge in [0.25, 0.3) is 11.8 Å². The Labute approximate surface area is 183 Å². The molecule has 0 heterocycles. The maximum atomic E-state index is 12.8. The van der Waals surface area contributed by atoms with E-state index in [4.69, 9.17) is 9.47 Å². The van der Waals surface area contributed by atoms with Crippen LogP contribution in [0.3, 0.4) is 0 Å². The summed E-state index contributed by atoms with van der Waals surface area (Å²) in [6.45, 7) is 8.86. The average molecular weight is 427 g/mol. The molecule has 7 nitrogen and oxygen atoms in total. The molecule has 2 N–H and O–H groups in total. The first kappa shape index (κ1) is 23.9. The fourth-order valence-electron chi connectivity index (χ4n) is 3.09. The number of ether oxygens (including phenoxy) is 2. The summed E-state index contributed by atoms with van der Waals surface area (Å²) in [5, 5.41) is 5.51. The molecule has 2 rings (SSSR count). The SMILES string of the molecule is COc1ccccc1C(=O)N[C@H](C(=O)O[C@@H](C)C(=O)Nc1c(C)cccc1C)C(C)C. The van der Waals surface area contributed by atoms with Crippen LogP contribution < -0.4 is 15.4 Å². The van der Waals surface area contributed by atoms with E-state index in [1.807, 2.05) is 32.0 Å². The van der Waals surface area contributed by atoms with E-state index in [0.717, 1.165) is 11.1 Å². The van der Waals surface area contributed by atoms with Gasteiger partial charge in [-0.2, -0.15) is 0 Å². The fraction of sp³-hybridized carbons (Fsp3) is 0.375. The van der Waals surface area contributed by atoms with Crippen LogP contribution in [0, 0.1) is 19.8 Å². The third-order valence-corrected chi connectivity index (χ3v) is 4.95. The first-order valence-corrected chi connectivity index (χ1v) is 10.2. The molecule has 166 valence electrons. The van der Waals surface area contributed by atoms with E-state index in [1.165, 1.54) is 14.0 Å². The van der Waals surface area contributed by atoms with Crippen LogP contribution in [0.1, 0.15) is 42.3 Å². The van der Waals surface area contributed by atoms with Crippen molar-refractivity contribution in [1.29, 1.82) is 0 Å². The summed E-state index contributed by atoms with van der Waals surface area (Å²) in [5.41, 5.74) is 2.83. The predicted molar refractivity (Wildman–Crippen MR) is 119 cm³/mol. The van der Waals surface area contributed by atoms with Crippen LogP contribution >= 0.6 is 0 Å². The van der Waals surface area contributed by atoms with Gasteiger partial charge < -0.3 is 20.1 Å². The van der Waals surface area contributed by atoms with Gasteiger partial charge in [0.1, 0.15) is 11.8 Å². The second kappa shape index (κ2) is 10.6. The quantitative estimate of drug-likeness (QED) is 0.629. The molecular weight excluding hydrogens is 396 g/mol. The number of carbonyl (C=O) groups is 3. The fourth-order valence-corrected chi connectivity index (χ4v) is 3.09. The van der Waals surface area contributed by atoms with Crippen LogP contribution in [0.25, 0.3) is 0 Å². The first-order chi connectivity index (χ1) is 14.6. The molecule has 0 saturated heterocycles. The third-order valence-electron chi connectivity index (χ3n) is 4.95. The van der Waals surface area contributed by atoms with E-state index >= 15 is 0 Å². The zero-order chi connectivity index (χ0) is 23.1. The van der Waals surface area contributed by atoms with E-state index in [1.54, 1.807) is 38.1 Å². The number of hydrogen-bond acceptors (Lipinski definition) is 5. The number of esters is 1. The molecule has 31 heavy (non-hydrogen) atoms. The Morgan fingerprint density at radius 2 is 1.52 bits per heavy atom. The lowest BCUT2D eigenvalue weighted by molar-refractivity contribution is -0.156. The van der Waals surface area contributed by atoms with Crippen LogP contribution in [0.4, 0.5) is 5.69 Å². The largest absolute Gasteiger partial charge is 0.496 e. The Balaban J connectivity index is 2.07. The molecule has 0 aliphatic heterocycles. The highest BCUT2D eigenvalue weighted by molar-refractivity contribution is 6.00. The minimum Gasteiger partial charge on any atom is -0.496 e. The minimum atomic E-state index is -1.03. The number of para-hydroxylation sites is 2. The summed E-state index contributed by atoms with van der Waals surface area (Å²) in [6.07, 6.45) is -1.03. The Bertz CT molecular complexity index is 934. The smallest absolute Gasteiger partial charge is 0.329 e. The molecule has 0 bridgehead atoms. The lowest BCUT2D eigenvalue weighted by Gasteiger charge is -2.23. The van der Waals surface area contributed by atoms with E-state index < -0.39 is 29.9 Å². The number of amides is 2. The number of benzene rings is 2. The average Bonchev–Trinajstić information content (AvgIpc) is 2.73. The van der Waals surface area contributed by atoms with Crippen molar-refractivity contribution in [3.63, 3.8) is 0 Å². The van der Waals surface area contributed by atoms with Gasteiger partial charge in [-0.15, -0.1) is 0 Å². The molecule has 0 spiro atoms. The Morgan fingerprint density at radius 1 is 0.903 bits per heavy atom. The normalized spacial score (nSPS) is 12.6. The molecular formula is C24H30N2O5. The lowest BCUT2D eigenvalue weighted by Crippen LogP contribution is -2.47. The first-order valence-electron chi connectivity index (χ1n) is 10.2. The number of anilines is 1. The van der Waals surface area contributed by atoms with Gasteiger partial charge >= 0.3 is 5.97 Å². The molecule has 0 radical (unpaired) electrons. The second-order valence-corrected chi connectivity index (χ2v) is 7.73. The number of nitrogens with one attached hydrogen (secondary N) is 2. The van der Waals surface area contributed by atoms with Gasteiger partial charge in [0.15, 0.2) is 6.10 Å². The van der Waals surface area contributed by atoms with Crippen LogP contribution in [0.5, 0.6) is 5.75 Å². The number of methoxy groups -OCH3 is 1. The van der Waals surface area contributed by atoms with Crippen molar-refractivity contribution < 1.29 is 23.9 Å². The van der Waals surface area contributed by atoms with E-state index in [-0.39, 0.29) is 5.92 Å². The molecule has 0 aliphatic carbocycles. The van der Waals surface area contributed by atoms with Gasteiger partial charge in [-0.3, -0.25) is 9.59 Å². The van der Waals surface area contributed by atoms with Crippen LogP contribution in [0.2, 0.25) is 0 Å². The van der Waals surface area contributed by atoms with Gasteiger partial charge in [0, 0.05) is 5.69 Å². The molecule has 0 aliphatic rings. The van der Waals surface area contributed by atoms with Crippen LogP contribution in [-0.4, -0.2) is 37.0 Å². The predicted octanol–water partition coefficient (Wildman–Crippen LogP) is 3.64. The van der Waals surface area contributed by atoms with E-state index in [0.29, 0.717) is 17.0 Å². The van der Waals surface area contributed by atoms with Gasteiger partial charge in [-0.1, -0.05) is 44.2 Å². The Hall–Kier alpha value is -3.35. The summed E-state index contributed by atoms with van der Waals surface area (Å²) < 4.78 is 10.6. The zero-order valence-electron chi connectivity index (χ0n) is 18.8. The summed E-state index contributed by atoms with van der Waals surface area (Å²) in [5.74, 6) is -1.43. The molecule has 2 aromatic rings. The summed E-state index contributed by atoms with van der Waals surface area (Å²) in [6, 6.07) is 11.5. The summed E-state index contributed by atoms with van der Waals surface area (Å²) in [7, 11) is 1.47. The highest BCUT2D eigenvalue weighted by atomic mass is 16.5. The van der Waals surface area contributed by atoms with Crippen molar-refractivity contribution >= 4 is 23.5 Å². The van der Waals surface area contributed by atoms with Crippen molar-refractivity contribution in [3.05, 3.63) is 59.2 Å². The third kappa shape index (κ3) is 6.07. The van der Waals surface area contributed by atoms with Crippen molar-refractivity contribution in [1.82, 2.24) is 5.32 Å².